The molecule has 0 unspecified atom stereocenters. The second kappa shape index (κ2) is 37.1. The van der Waals surface area contributed by atoms with E-state index < -0.39 is 0 Å². The number of anilines is 12. The zero-order valence-electron chi connectivity index (χ0n) is 50.2. The van der Waals surface area contributed by atoms with E-state index in [0.29, 0.717) is 0 Å². The van der Waals surface area contributed by atoms with Crippen LogP contribution in [0.2, 0.25) is 0 Å². The van der Waals surface area contributed by atoms with Crippen LogP contribution in [0.15, 0.2) is 212 Å². The number of hydrogen-bond donors (Lipinski definition) is 12. The summed E-state index contributed by atoms with van der Waals surface area (Å²) in [5.41, 5.74) is 17.3. The van der Waals surface area contributed by atoms with Gasteiger partial charge in [-0.2, -0.15) is 0 Å². The molecule has 0 saturated carbocycles. The molecule has 0 aliphatic carbocycles. The highest BCUT2D eigenvalue weighted by atomic mass is 16.5. The monoisotopic (exact) mass is 1100 g/mol. The van der Waals surface area contributed by atoms with Gasteiger partial charge in [-0.1, -0.05) is 42.5 Å². The Bertz CT molecular complexity index is 2890. The molecule has 0 bridgehead atoms. The van der Waals surface area contributed by atoms with Crippen LogP contribution in [0.25, 0.3) is 0 Å². The van der Waals surface area contributed by atoms with Crippen molar-refractivity contribution >= 4 is 68.2 Å². The minimum absolute atomic E-state index is 0.828. The lowest BCUT2D eigenvalue weighted by atomic mass is 10.0. The molecule has 0 saturated heterocycles. The molecule has 0 radical (unpaired) electrons. The van der Waals surface area contributed by atoms with Crippen molar-refractivity contribution in [2.45, 2.75) is 13.3 Å². The predicted octanol–water partition coefficient (Wildman–Crippen LogP) is 16.1. The first kappa shape index (κ1) is 64.7. The summed E-state index contributed by atoms with van der Waals surface area (Å²) in [6.45, 7) is 2.09. The SMILES string of the molecule is CNc1ccc(C)c(NC)c1.CNc1ccc(Cc2ccc(NC)cc2)cc1.CNc1ccc(NC)cc1.CNc1ccc(Oc2ccc(NC)cc2)cc1.CNc1ccc(Oc2cccc(NC)c2)cc1.CNc1cccc(NC)c1. The van der Waals surface area contributed by atoms with Gasteiger partial charge in [0.1, 0.15) is 23.0 Å². The third kappa shape index (κ3) is 23.6. The van der Waals surface area contributed by atoms with E-state index in [1.807, 2.05) is 224 Å². The molecule has 9 aromatic rings. The molecule has 0 aliphatic rings. The topological polar surface area (TPSA) is 163 Å². The number of aryl methyl sites for hydroxylation is 1. The third-order valence-electron chi connectivity index (χ3n) is 12.6. The van der Waals surface area contributed by atoms with Gasteiger partial charge >= 0.3 is 0 Å². The van der Waals surface area contributed by atoms with Crippen molar-refractivity contribution in [3.63, 3.8) is 0 Å². The van der Waals surface area contributed by atoms with Crippen molar-refractivity contribution in [1.29, 1.82) is 0 Å². The van der Waals surface area contributed by atoms with Gasteiger partial charge in [-0.3, -0.25) is 0 Å². The van der Waals surface area contributed by atoms with Crippen molar-refractivity contribution in [2.75, 3.05) is 148 Å². The third-order valence-corrected chi connectivity index (χ3v) is 12.6. The first-order valence-corrected chi connectivity index (χ1v) is 27.3. The summed E-state index contributed by atoms with van der Waals surface area (Å²) in [5.74, 6) is 3.33. The number of ether oxygens (including phenoxy) is 2. The number of rotatable bonds is 18. The minimum atomic E-state index is 0.828. The zero-order chi connectivity index (χ0) is 59.3. The summed E-state index contributed by atoms with van der Waals surface area (Å²) in [4.78, 5) is 0. The molecule has 0 aromatic heterocycles. The van der Waals surface area contributed by atoms with Crippen LogP contribution in [0.4, 0.5) is 68.2 Å². The quantitative estimate of drug-likeness (QED) is 0.0393. The second-order valence-electron chi connectivity index (χ2n) is 18.1. The smallest absolute Gasteiger partial charge is 0.129 e. The summed E-state index contributed by atoms with van der Waals surface area (Å²) in [7, 11) is 22.9. The van der Waals surface area contributed by atoms with E-state index in [4.69, 9.17) is 9.47 Å². The highest BCUT2D eigenvalue weighted by Gasteiger charge is 2.02. The molecule has 0 amide bonds. The Labute approximate surface area is 489 Å². The Kier molecular flexibility index (Phi) is 29.3. The lowest BCUT2D eigenvalue weighted by Gasteiger charge is -2.08. The molecule has 0 heterocycles. The largest absolute Gasteiger partial charge is 0.457 e. The molecule has 9 rings (SSSR count). The molecule has 12 N–H and O–H groups in total. The molecule has 0 aliphatic heterocycles. The molecular formula is C68H88N12O2. The van der Waals surface area contributed by atoms with Crippen LogP contribution in [0.1, 0.15) is 16.7 Å². The average molecular weight is 1110 g/mol. The van der Waals surface area contributed by atoms with E-state index in [1.54, 1.807) is 0 Å². The maximum Gasteiger partial charge on any atom is 0.129 e. The first-order valence-electron chi connectivity index (χ1n) is 27.3. The summed E-state index contributed by atoms with van der Waals surface area (Å²) in [5, 5.41) is 37.0. The molecule has 14 heteroatoms. The van der Waals surface area contributed by atoms with E-state index in [2.05, 4.69) is 144 Å². The molecule has 9 aromatic carbocycles. The van der Waals surface area contributed by atoms with Crippen LogP contribution in [0.5, 0.6) is 23.0 Å². The molecule has 82 heavy (non-hydrogen) atoms. The molecule has 0 spiro atoms. The highest BCUT2D eigenvalue weighted by Crippen LogP contribution is 2.27. The lowest BCUT2D eigenvalue weighted by molar-refractivity contribution is 0.482. The Morgan fingerprint density at radius 1 is 0.232 bits per heavy atom. The van der Waals surface area contributed by atoms with E-state index >= 15 is 0 Å². The Hall–Kier alpha value is -9.82. The Morgan fingerprint density at radius 3 is 0.805 bits per heavy atom. The van der Waals surface area contributed by atoms with E-state index in [9.17, 15) is 0 Å². The summed E-state index contributed by atoms with van der Waals surface area (Å²) < 4.78 is 11.5. The van der Waals surface area contributed by atoms with Crippen LogP contribution >= 0.6 is 0 Å². The zero-order valence-corrected chi connectivity index (χ0v) is 50.2. The van der Waals surface area contributed by atoms with Crippen molar-refractivity contribution in [3.8, 4) is 23.0 Å². The number of nitrogens with one attached hydrogen (secondary N) is 12. The fourth-order valence-corrected chi connectivity index (χ4v) is 7.55. The van der Waals surface area contributed by atoms with E-state index in [-0.39, 0.29) is 0 Å². The van der Waals surface area contributed by atoms with Crippen LogP contribution in [0.3, 0.4) is 0 Å². The summed E-state index contributed by atoms with van der Waals surface area (Å²) in [6.07, 6.45) is 0.980. The molecule has 14 nitrogen and oxygen atoms in total. The fourth-order valence-electron chi connectivity index (χ4n) is 7.55. The number of hydrogen-bond acceptors (Lipinski definition) is 14. The van der Waals surface area contributed by atoms with Gasteiger partial charge in [0.25, 0.3) is 0 Å². The van der Waals surface area contributed by atoms with Crippen molar-refractivity contribution in [1.82, 2.24) is 0 Å². The van der Waals surface area contributed by atoms with Gasteiger partial charge in [0.15, 0.2) is 0 Å². The van der Waals surface area contributed by atoms with Crippen molar-refractivity contribution in [3.05, 3.63) is 229 Å². The van der Waals surface area contributed by atoms with Gasteiger partial charge in [0, 0.05) is 159 Å². The molecule has 0 atom stereocenters. The van der Waals surface area contributed by atoms with E-state index in [1.165, 1.54) is 22.4 Å². The van der Waals surface area contributed by atoms with E-state index in [0.717, 1.165) is 92.0 Å². The van der Waals surface area contributed by atoms with Gasteiger partial charge in [0.05, 0.1) is 0 Å². The minimum Gasteiger partial charge on any atom is -0.457 e. The highest BCUT2D eigenvalue weighted by molar-refractivity contribution is 5.61. The van der Waals surface area contributed by atoms with Crippen molar-refractivity contribution in [2.24, 2.45) is 0 Å². The number of benzene rings is 9. The predicted molar refractivity (Wildman–Crippen MR) is 360 cm³/mol. The van der Waals surface area contributed by atoms with Crippen molar-refractivity contribution < 1.29 is 9.47 Å². The maximum atomic E-state index is 5.75. The van der Waals surface area contributed by atoms with Gasteiger partial charge < -0.3 is 73.3 Å². The molecule has 0 fully saturated rings. The van der Waals surface area contributed by atoms with Gasteiger partial charge in [0.2, 0.25) is 0 Å². The lowest BCUT2D eigenvalue weighted by Crippen LogP contribution is -1.94. The summed E-state index contributed by atoms with van der Waals surface area (Å²) in [6, 6.07) is 71.0. The second-order valence-corrected chi connectivity index (χ2v) is 18.1. The van der Waals surface area contributed by atoms with Crippen LogP contribution in [0, 0.1) is 6.92 Å². The standard InChI is InChI=1S/C15H18N2.2C14H16N2O.C9H14N2.2C8H12N2/c1-16-14-7-3-12(4-8-14)11-13-5-9-15(17-2)10-6-13;1-15-11-3-7-13(8-4-11)17-14-9-5-12(16-2)6-10-14;1-15-11-6-8-13(9-7-11)17-14-5-3-4-12(10-14)16-2;1-7-4-5-8(10-2)6-9(7)11-3;1-9-7-3-5-8(10-2)6-4-7;1-9-7-4-3-5-8(6-7)10-2/h3-10,16-17H,11H2,1-2H3;2*3-10,15-16H,1-2H3;4-6,10-11H,1-3H3;2*3-6,9-10H,1-2H3. The van der Waals surface area contributed by atoms with Gasteiger partial charge in [-0.05, 0) is 194 Å². The van der Waals surface area contributed by atoms with Gasteiger partial charge in [-0.25, -0.2) is 0 Å². The van der Waals surface area contributed by atoms with Gasteiger partial charge in [-0.15, -0.1) is 0 Å². The van der Waals surface area contributed by atoms with Crippen LogP contribution in [-0.2, 0) is 6.42 Å². The Balaban J connectivity index is 0.000000215. The first-order chi connectivity index (χ1) is 39.9. The maximum absolute atomic E-state index is 5.75. The fraction of sp³-hybridized carbons (Fsp3) is 0.206. The summed E-state index contributed by atoms with van der Waals surface area (Å²) >= 11 is 0. The Morgan fingerprint density at radius 2 is 0.488 bits per heavy atom. The molecule has 432 valence electrons. The molecular weight excluding hydrogens is 1020 g/mol. The normalized spacial score (nSPS) is 9.57. The van der Waals surface area contributed by atoms with Crippen LogP contribution < -0.4 is 73.3 Å². The average Bonchev–Trinajstić information content (AvgIpc) is 3.57. The van der Waals surface area contributed by atoms with Crippen LogP contribution in [-0.4, -0.2) is 84.6 Å².